The average molecular weight is 237 g/mol. The number of aliphatic carboxylic acids is 1. The average Bonchev–Trinajstić information content (AvgIpc) is 2.29. The molecule has 1 aliphatic heterocycles. The molecular weight excluding hydrogens is 225 g/mol. The number of carbonyl (C=O) groups excluding carboxylic acids is 1. The number of amides is 1. The van der Waals surface area contributed by atoms with Crippen LogP contribution < -0.4 is 5.32 Å². The molecule has 1 amide bonds. The van der Waals surface area contributed by atoms with E-state index in [0.29, 0.717) is 6.54 Å². The summed E-state index contributed by atoms with van der Waals surface area (Å²) in [5.41, 5.74) is 0.719. The number of carboxylic acid groups (broad SMARTS) is 1. The van der Waals surface area contributed by atoms with E-state index in [4.69, 9.17) is 5.11 Å². The Kier molecular flexibility index (Phi) is 3.08. The van der Waals surface area contributed by atoms with E-state index in [1.54, 1.807) is 12.1 Å². The van der Waals surface area contributed by atoms with Gasteiger partial charge in [0.1, 0.15) is 11.7 Å². The standard InChI is InChI=1S/C12H12FNO3/c13-9-3-1-2-7(4-9)8-5-10(12(16)17)11(15)14-6-8/h1-4,8,10H,5-6H2,(H,14,15)(H,16,17). The Morgan fingerprint density at radius 2 is 2.24 bits per heavy atom. The maximum Gasteiger partial charge on any atom is 0.316 e. The van der Waals surface area contributed by atoms with Gasteiger partial charge < -0.3 is 10.4 Å². The fourth-order valence-corrected chi connectivity index (χ4v) is 2.05. The van der Waals surface area contributed by atoms with Crippen LogP contribution in [-0.4, -0.2) is 23.5 Å². The minimum Gasteiger partial charge on any atom is -0.481 e. The lowest BCUT2D eigenvalue weighted by atomic mass is 9.85. The van der Waals surface area contributed by atoms with Crippen LogP contribution in [0.4, 0.5) is 4.39 Å². The summed E-state index contributed by atoms with van der Waals surface area (Å²) in [4.78, 5) is 22.2. The quantitative estimate of drug-likeness (QED) is 0.758. The molecule has 5 heteroatoms. The van der Waals surface area contributed by atoms with E-state index in [-0.39, 0.29) is 18.2 Å². The molecule has 1 fully saturated rings. The van der Waals surface area contributed by atoms with Crippen LogP contribution in [0.15, 0.2) is 24.3 Å². The van der Waals surface area contributed by atoms with Gasteiger partial charge in [-0.25, -0.2) is 4.39 Å². The number of halogens is 1. The van der Waals surface area contributed by atoms with Crippen LogP contribution in [-0.2, 0) is 9.59 Å². The highest BCUT2D eigenvalue weighted by Crippen LogP contribution is 2.27. The molecule has 1 aromatic rings. The third-order valence-corrected chi connectivity index (χ3v) is 2.98. The Hall–Kier alpha value is -1.91. The van der Waals surface area contributed by atoms with Crippen LogP contribution in [0.3, 0.4) is 0 Å². The summed E-state index contributed by atoms with van der Waals surface area (Å²) in [5, 5.41) is 11.4. The second kappa shape index (κ2) is 4.53. The number of benzene rings is 1. The smallest absolute Gasteiger partial charge is 0.316 e. The fourth-order valence-electron chi connectivity index (χ4n) is 2.05. The fraction of sp³-hybridized carbons (Fsp3) is 0.333. The van der Waals surface area contributed by atoms with Crippen molar-refractivity contribution in [2.75, 3.05) is 6.54 Å². The Morgan fingerprint density at radius 3 is 2.88 bits per heavy atom. The number of hydrogen-bond donors (Lipinski definition) is 2. The monoisotopic (exact) mass is 237 g/mol. The molecule has 1 saturated heterocycles. The number of nitrogens with one attached hydrogen (secondary N) is 1. The van der Waals surface area contributed by atoms with Crippen LogP contribution in [0.25, 0.3) is 0 Å². The Labute approximate surface area is 97.4 Å². The molecule has 0 aliphatic carbocycles. The van der Waals surface area contributed by atoms with Crippen molar-refractivity contribution in [1.82, 2.24) is 5.32 Å². The first kappa shape index (κ1) is 11.6. The molecule has 2 atom stereocenters. The Balaban J connectivity index is 2.18. The number of carboxylic acids is 1. The number of piperidine rings is 1. The second-order valence-electron chi connectivity index (χ2n) is 4.12. The molecule has 0 aromatic heterocycles. The van der Waals surface area contributed by atoms with Crippen molar-refractivity contribution in [3.8, 4) is 0 Å². The third kappa shape index (κ3) is 2.43. The lowest BCUT2D eigenvalue weighted by Crippen LogP contribution is -2.43. The van der Waals surface area contributed by atoms with E-state index in [9.17, 15) is 14.0 Å². The van der Waals surface area contributed by atoms with Crippen molar-refractivity contribution in [2.45, 2.75) is 12.3 Å². The summed E-state index contributed by atoms with van der Waals surface area (Å²) in [5.74, 6) is -3.15. The summed E-state index contributed by atoms with van der Waals surface area (Å²) < 4.78 is 13.1. The molecule has 0 bridgehead atoms. The molecule has 17 heavy (non-hydrogen) atoms. The van der Waals surface area contributed by atoms with E-state index in [0.717, 1.165) is 5.56 Å². The van der Waals surface area contributed by atoms with Crippen molar-refractivity contribution in [1.29, 1.82) is 0 Å². The van der Waals surface area contributed by atoms with Gasteiger partial charge in [-0.05, 0) is 24.1 Å². The summed E-state index contributed by atoms with van der Waals surface area (Å²) in [7, 11) is 0. The minimum absolute atomic E-state index is 0.149. The van der Waals surface area contributed by atoms with Crippen LogP contribution in [0.1, 0.15) is 17.9 Å². The topological polar surface area (TPSA) is 66.4 Å². The molecule has 1 aliphatic rings. The second-order valence-corrected chi connectivity index (χ2v) is 4.12. The van der Waals surface area contributed by atoms with Gasteiger partial charge in [-0.2, -0.15) is 0 Å². The predicted octanol–water partition coefficient (Wildman–Crippen LogP) is 1.13. The molecule has 0 radical (unpaired) electrons. The summed E-state index contributed by atoms with van der Waals surface area (Å²) >= 11 is 0. The zero-order valence-electron chi connectivity index (χ0n) is 9.02. The van der Waals surface area contributed by atoms with E-state index < -0.39 is 17.8 Å². The molecule has 2 rings (SSSR count). The van der Waals surface area contributed by atoms with Gasteiger partial charge >= 0.3 is 5.97 Å². The molecule has 1 heterocycles. The maximum absolute atomic E-state index is 13.1. The van der Waals surface area contributed by atoms with Gasteiger partial charge in [-0.15, -0.1) is 0 Å². The SMILES string of the molecule is O=C(O)C1CC(c2cccc(F)c2)CNC1=O. The van der Waals surface area contributed by atoms with E-state index in [1.807, 2.05) is 0 Å². The number of hydrogen-bond acceptors (Lipinski definition) is 2. The number of rotatable bonds is 2. The summed E-state index contributed by atoms with van der Waals surface area (Å²) in [6.07, 6.45) is 0.213. The van der Waals surface area contributed by atoms with Gasteiger partial charge in [-0.1, -0.05) is 12.1 Å². The zero-order chi connectivity index (χ0) is 12.4. The van der Waals surface area contributed by atoms with Crippen molar-refractivity contribution >= 4 is 11.9 Å². The van der Waals surface area contributed by atoms with Gasteiger partial charge in [0, 0.05) is 12.5 Å². The van der Waals surface area contributed by atoms with Gasteiger partial charge in [0.15, 0.2) is 0 Å². The molecule has 0 saturated carbocycles. The Morgan fingerprint density at radius 1 is 1.47 bits per heavy atom. The van der Waals surface area contributed by atoms with Gasteiger partial charge in [0.05, 0.1) is 0 Å². The van der Waals surface area contributed by atoms with E-state index >= 15 is 0 Å². The largest absolute Gasteiger partial charge is 0.481 e. The minimum atomic E-state index is -1.14. The van der Waals surface area contributed by atoms with Gasteiger partial charge in [-0.3, -0.25) is 9.59 Å². The molecule has 2 N–H and O–H groups in total. The lowest BCUT2D eigenvalue weighted by molar-refractivity contribution is -0.148. The molecular formula is C12H12FNO3. The van der Waals surface area contributed by atoms with Crippen molar-refractivity contribution in [3.63, 3.8) is 0 Å². The third-order valence-electron chi connectivity index (χ3n) is 2.98. The first-order valence-electron chi connectivity index (χ1n) is 5.34. The highest BCUT2D eigenvalue weighted by molar-refractivity contribution is 5.97. The Bertz CT molecular complexity index is 461. The van der Waals surface area contributed by atoms with Gasteiger partial charge in [0.2, 0.25) is 5.91 Å². The summed E-state index contributed by atoms with van der Waals surface area (Å²) in [6.45, 7) is 0.353. The van der Waals surface area contributed by atoms with Crippen molar-refractivity contribution in [2.24, 2.45) is 5.92 Å². The highest BCUT2D eigenvalue weighted by atomic mass is 19.1. The summed E-state index contributed by atoms with van der Waals surface area (Å²) in [6, 6.07) is 6.03. The first-order valence-corrected chi connectivity index (χ1v) is 5.34. The van der Waals surface area contributed by atoms with Crippen LogP contribution >= 0.6 is 0 Å². The maximum atomic E-state index is 13.1. The van der Waals surface area contributed by atoms with Crippen LogP contribution in [0.2, 0.25) is 0 Å². The van der Waals surface area contributed by atoms with Crippen LogP contribution in [0, 0.1) is 11.7 Å². The van der Waals surface area contributed by atoms with E-state index in [1.165, 1.54) is 12.1 Å². The zero-order valence-corrected chi connectivity index (χ0v) is 9.02. The highest BCUT2D eigenvalue weighted by Gasteiger charge is 2.34. The lowest BCUT2D eigenvalue weighted by Gasteiger charge is -2.27. The molecule has 90 valence electrons. The first-order chi connectivity index (χ1) is 8.08. The predicted molar refractivity (Wildman–Crippen MR) is 57.9 cm³/mol. The normalized spacial score (nSPS) is 24.2. The van der Waals surface area contributed by atoms with Crippen molar-refractivity contribution in [3.05, 3.63) is 35.6 Å². The molecule has 0 spiro atoms. The molecule has 4 nitrogen and oxygen atoms in total. The van der Waals surface area contributed by atoms with E-state index in [2.05, 4.69) is 5.32 Å². The van der Waals surface area contributed by atoms with Crippen LogP contribution in [0.5, 0.6) is 0 Å². The molecule has 2 unspecified atom stereocenters. The number of carbonyl (C=O) groups is 2. The van der Waals surface area contributed by atoms with Crippen molar-refractivity contribution < 1.29 is 19.1 Å². The molecule has 1 aromatic carbocycles. The van der Waals surface area contributed by atoms with Gasteiger partial charge in [0.25, 0.3) is 0 Å².